The molecule has 0 aromatic carbocycles. The lowest BCUT2D eigenvalue weighted by atomic mass is 10.1. The molecule has 0 radical (unpaired) electrons. The van der Waals surface area contributed by atoms with Gasteiger partial charge in [-0.1, -0.05) is 0 Å². The molecule has 2 atom stereocenters. The van der Waals surface area contributed by atoms with Crippen molar-refractivity contribution in [3.8, 4) is 0 Å². The second kappa shape index (κ2) is 6.00. The third kappa shape index (κ3) is 3.44. The topological polar surface area (TPSA) is 12.0 Å². The van der Waals surface area contributed by atoms with Crippen LogP contribution in [0.5, 0.6) is 0 Å². The Morgan fingerprint density at radius 2 is 1.94 bits per heavy atom. The highest BCUT2D eigenvalue weighted by Gasteiger charge is 2.13. The van der Waals surface area contributed by atoms with Gasteiger partial charge in [0.15, 0.2) is 0 Å². The van der Waals surface area contributed by atoms with E-state index in [4.69, 9.17) is 0 Å². The fourth-order valence-electron chi connectivity index (χ4n) is 2.29. The summed E-state index contributed by atoms with van der Waals surface area (Å²) in [6.45, 7) is 8.89. The summed E-state index contributed by atoms with van der Waals surface area (Å²) in [5.74, 6) is 0. The second-order valence-electron chi connectivity index (χ2n) is 4.97. The number of rotatable bonds is 5. The first-order valence-corrected chi connectivity index (χ1v) is 8.11. The van der Waals surface area contributed by atoms with Crippen LogP contribution in [0.1, 0.15) is 40.1 Å². The van der Waals surface area contributed by atoms with Crippen LogP contribution in [0.2, 0.25) is 0 Å². The maximum Gasteiger partial charge on any atom is 0.0390 e. The monoisotopic (exact) mass is 279 g/mol. The predicted octanol–water partition coefficient (Wildman–Crippen LogP) is 4.71. The molecule has 0 aliphatic carbocycles. The van der Waals surface area contributed by atoms with Crippen molar-refractivity contribution < 1.29 is 0 Å². The molecule has 18 heavy (non-hydrogen) atoms. The van der Waals surface area contributed by atoms with Gasteiger partial charge in [0.2, 0.25) is 0 Å². The van der Waals surface area contributed by atoms with E-state index < -0.39 is 0 Å². The summed E-state index contributed by atoms with van der Waals surface area (Å²) in [6.07, 6.45) is 1.12. The predicted molar refractivity (Wildman–Crippen MR) is 82.8 cm³/mol. The lowest BCUT2D eigenvalue weighted by molar-refractivity contribution is 0.483. The Bertz CT molecular complexity index is 498. The van der Waals surface area contributed by atoms with Gasteiger partial charge in [-0.05, 0) is 63.3 Å². The number of thiophene rings is 2. The summed E-state index contributed by atoms with van der Waals surface area (Å²) in [5, 5.41) is 5.87. The van der Waals surface area contributed by atoms with Crippen molar-refractivity contribution in [1.82, 2.24) is 5.32 Å². The zero-order chi connectivity index (χ0) is 13.1. The molecule has 0 bridgehead atoms. The Balaban J connectivity index is 1.91. The normalized spacial score (nSPS) is 14.7. The molecule has 0 saturated heterocycles. The fourth-order valence-corrected chi connectivity index (χ4v) is 4.25. The standard InChI is InChI=1S/C15H21NS2/c1-10-7-8-17-15(10)13(4)16-11(2)9-14-6-5-12(3)18-14/h5-8,11,13,16H,9H2,1-4H3. The minimum Gasteiger partial charge on any atom is -0.307 e. The largest absolute Gasteiger partial charge is 0.307 e. The lowest BCUT2D eigenvalue weighted by Gasteiger charge is -2.19. The van der Waals surface area contributed by atoms with Gasteiger partial charge in [0.1, 0.15) is 0 Å². The van der Waals surface area contributed by atoms with Gasteiger partial charge in [-0.25, -0.2) is 0 Å². The van der Waals surface area contributed by atoms with Gasteiger partial charge in [0, 0.05) is 26.7 Å². The summed E-state index contributed by atoms with van der Waals surface area (Å²) in [7, 11) is 0. The van der Waals surface area contributed by atoms with E-state index in [2.05, 4.69) is 56.6 Å². The van der Waals surface area contributed by atoms with E-state index in [9.17, 15) is 0 Å². The van der Waals surface area contributed by atoms with Gasteiger partial charge < -0.3 is 5.32 Å². The highest BCUT2D eigenvalue weighted by Crippen LogP contribution is 2.24. The molecule has 3 heteroatoms. The van der Waals surface area contributed by atoms with E-state index in [0.717, 1.165) is 6.42 Å². The SMILES string of the molecule is Cc1ccc(CC(C)NC(C)c2sccc2C)s1. The van der Waals surface area contributed by atoms with Gasteiger partial charge in [-0.3, -0.25) is 0 Å². The van der Waals surface area contributed by atoms with Crippen LogP contribution in [0.15, 0.2) is 23.6 Å². The quantitative estimate of drug-likeness (QED) is 0.836. The molecular weight excluding hydrogens is 258 g/mol. The van der Waals surface area contributed by atoms with Crippen LogP contribution in [0, 0.1) is 13.8 Å². The van der Waals surface area contributed by atoms with Crippen molar-refractivity contribution in [2.45, 2.75) is 46.2 Å². The summed E-state index contributed by atoms with van der Waals surface area (Å²) in [5.41, 5.74) is 1.40. The summed E-state index contributed by atoms with van der Waals surface area (Å²) >= 11 is 3.76. The maximum atomic E-state index is 3.70. The molecular formula is C15H21NS2. The molecule has 0 amide bonds. The summed E-state index contributed by atoms with van der Waals surface area (Å²) in [6, 6.07) is 7.62. The zero-order valence-corrected chi connectivity index (χ0v) is 13.1. The van der Waals surface area contributed by atoms with E-state index in [1.54, 1.807) is 0 Å². The van der Waals surface area contributed by atoms with E-state index in [0.29, 0.717) is 12.1 Å². The maximum absolute atomic E-state index is 3.70. The van der Waals surface area contributed by atoms with Gasteiger partial charge >= 0.3 is 0 Å². The van der Waals surface area contributed by atoms with Crippen LogP contribution in [-0.4, -0.2) is 6.04 Å². The Morgan fingerprint density at radius 3 is 2.50 bits per heavy atom. The second-order valence-corrected chi connectivity index (χ2v) is 7.29. The van der Waals surface area contributed by atoms with E-state index in [-0.39, 0.29) is 0 Å². The van der Waals surface area contributed by atoms with E-state index in [1.165, 1.54) is 20.2 Å². The lowest BCUT2D eigenvalue weighted by Crippen LogP contribution is -2.30. The Labute approximate surface area is 118 Å². The first-order chi connectivity index (χ1) is 8.56. The third-order valence-corrected chi connectivity index (χ3v) is 5.36. The smallest absolute Gasteiger partial charge is 0.0390 e. The van der Waals surface area contributed by atoms with Crippen LogP contribution in [-0.2, 0) is 6.42 Å². The van der Waals surface area contributed by atoms with Crippen molar-refractivity contribution in [2.24, 2.45) is 0 Å². The third-order valence-electron chi connectivity index (χ3n) is 3.13. The number of hydrogen-bond donors (Lipinski definition) is 1. The molecule has 2 rings (SSSR count). The minimum absolute atomic E-state index is 0.445. The average molecular weight is 279 g/mol. The number of nitrogens with one attached hydrogen (secondary N) is 1. The summed E-state index contributed by atoms with van der Waals surface area (Å²) < 4.78 is 0. The number of hydrogen-bond acceptors (Lipinski definition) is 3. The highest BCUT2D eigenvalue weighted by molar-refractivity contribution is 7.11. The van der Waals surface area contributed by atoms with Crippen molar-refractivity contribution in [1.29, 1.82) is 0 Å². The Kier molecular flexibility index (Phi) is 4.60. The van der Waals surface area contributed by atoms with E-state index >= 15 is 0 Å². The molecule has 0 fully saturated rings. The molecule has 1 nitrogen and oxygen atoms in total. The minimum atomic E-state index is 0.445. The molecule has 1 N–H and O–H groups in total. The summed E-state index contributed by atoms with van der Waals surface area (Å²) in [4.78, 5) is 4.34. The molecule has 0 spiro atoms. The zero-order valence-electron chi connectivity index (χ0n) is 11.5. The number of aryl methyl sites for hydroxylation is 2. The van der Waals surface area contributed by atoms with Gasteiger partial charge in [-0.2, -0.15) is 0 Å². The average Bonchev–Trinajstić information content (AvgIpc) is 2.87. The van der Waals surface area contributed by atoms with Crippen LogP contribution in [0.4, 0.5) is 0 Å². The Morgan fingerprint density at radius 1 is 1.17 bits per heavy atom. The van der Waals surface area contributed by atoms with Crippen molar-refractivity contribution in [3.05, 3.63) is 43.8 Å². The first-order valence-electron chi connectivity index (χ1n) is 6.41. The van der Waals surface area contributed by atoms with Gasteiger partial charge in [0.25, 0.3) is 0 Å². The molecule has 0 aliphatic heterocycles. The molecule has 0 saturated carbocycles. The molecule has 2 unspecified atom stereocenters. The van der Waals surface area contributed by atoms with Gasteiger partial charge in [0.05, 0.1) is 0 Å². The molecule has 2 heterocycles. The van der Waals surface area contributed by atoms with Crippen molar-refractivity contribution in [2.75, 3.05) is 0 Å². The highest BCUT2D eigenvalue weighted by atomic mass is 32.1. The van der Waals surface area contributed by atoms with Crippen LogP contribution >= 0.6 is 22.7 Å². The molecule has 0 aliphatic rings. The molecule has 2 aromatic rings. The van der Waals surface area contributed by atoms with Crippen molar-refractivity contribution >= 4 is 22.7 Å². The first kappa shape index (κ1) is 13.8. The van der Waals surface area contributed by atoms with Crippen LogP contribution < -0.4 is 5.32 Å². The van der Waals surface area contributed by atoms with Crippen LogP contribution in [0.25, 0.3) is 0 Å². The fraction of sp³-hybridized carbons (Fsp3) is 0.467. The molecule has 98 valence electrons. The Hall–Kier alpha value is -0.640. The van der Waals surface area contributed by atoms with Gasteiger partial charge in [-0.15, -0.1) is 22.7 Å². The van der Waals surface area contributed by atoms with E-state index in [1.807, 2.05) is 22.7 Å². The van der Waals surface area contributed by atoms with Crippen molar-refractivity contribution in [3.63, 3.8) is 0 Å². The van der Waals surface area contributed by atoms with Crippen LogP contribution in [0.3, 0.4) is 0 Å². The molecule has 2 aromatic heterocycles.